The molecular weight excluding hydrogens is 240 g/mol. The monoisotopic (exact) mass is 254 g/mol. The highest BCUT2D eigenvalue weighted by atomic mass is 35.5. The van der Waals surface area contributed by atoms with E-state index in [1.54, 1.807) is 24.0 Å². The van der Waals surface area contributed by atoms with Crippen LogP contribution in [-0.4, -0.2) is 39.6 Å². The fourth-order valence-corrected chi connectivity index (χ4v) is 1.99. The largest absolute Gasteiger partial charge is 0.390 e. The molecule has 0 bridgehead atoms. The third-order valence-corrected chi connectivity index (χ3v) is 3.33. The van der Waals surface area contributed by atoms with Crippen LogP contribution in [0.4, 0.5) is 0 Å². The van der Waals surface area contributed by atoms with Gasteiger partial charge in [-0.1, -0.05) is 11.6 Å². The molecule has 2 heterocycles. The molecule has 0 radical (unpaired) electrons. The molecule has 1 saturated heterocycles. The third-order valence-electron chi connectivity index (χ3n) is 3.10. The van der Waals surface area contributed by atoms with E-state index in [0.717, 1.165) is 0 Å². The van der Waals surface area contributed by atoms with Crippen molar-refractivity contribution in [3.8, 4) is 0 Å². The Labute approximate surface area is 105 Å². The van der Waals surface area contributed by atoms with Crippen LogP contribution < -0.4 is 0 Å². The minimum atomic E-state index is -0.644. The number of hydrogen-bond acceptors (Lipinski definition) is 3. The number of rotatable bonds is 1. The van der Waals surface area contributed by atoms with Crippen molar-refractivity contribution < 1.29 is 9.90 Å². The van der Waals surface area contributed by atoms with Gasteiger partial charge in [-0.05, 0) is 31.9 Å². The quantitative estimate of drug-likeness (QED) is 0.777. The maximum Gasteiger partial charge on any atom is 0.255 e. The molecule has 17 heavy (non-hydrogen) atoms. The Kier molecular flexibility index (Phi) is 3.35. The lowest BCUT2D eigenvalue weighted by atomic mass is 9.93. The van der Waals surface area contributed by atoms with Gasteiger partial charge in [-0.15, -0.1) is 0 Å². The van der Waals surface area contributed by atoms with E-state index in [1.807, 2.05) is 0 Å². The predicted octanol–water partition coefficient (Wildman–Crippen LogP) is 1.72. The van der Waals surface area contributed by atoms with Gasteiger partial charge in [-0.25, -0.2) is 4.98 Å². The molecule has 2 rings (SSSR count). The number of nitrogens with zero attached hydrogens (tertiary/aromatic N) is 2. The molecule has 5 heteroatoms. The van der Waals surface area contributed by atoms with E-state index in [0.29, 0.717) is 36.6 Å². The lowest BCUT2D eigenvalue weighted by Gasteiger charge is -2.35. The zero-order valence-corrected chi connectivity index (χ0v) is 10.4. The summed E-state index contributed by atoms with van der Waals surface area (Å²) in [6, 6.07) is 3.28. The fraction of sp³-hybridized carbons (Fsp3) is 0.500. The van der Waals surface area contributed by atoms with Gasteiger partial charge in [-0.3, -0.25) is 4.79 Å². The van der Waals surface area contributed by atoms with E-state index < -0.39 is 5.60 Å². The van der Waals surface area contributed by atoms with Gasteiger partial charge < -0.3 is 10.0 Å². The molecule has 1 amide bonds. The van der Waals surface area contributed by atoms with E-state index in [2.05, 4.69) is 4.98 Å². The van der Waals surface area contributed by atoms with Gasteiger partial charge in [0.15, 0.2) is 0 Å². The first-order chi connectivity index (χ1) is 7.98. The molecule has 92 valence electrons. The number of piperidine rings is 1. The van der Waals surface area contributed by atoms with Crippen LogP contribution in [-0.2, 0) is 0 Å². The van der Waals surface area contributed by atoms with Gasteiger partial charge in [0.1, 0.15) is 5.15 Å². The van der Waals surface area contributed by atoms with Gasteiger partial charge in [0.2, 0.25) is 0 Å². The zero-order chi connectivity index (χ0) is 12.5. The number of amides is 1. The maximum atomic E-state index is 12.1. The smallest absolute Gasteiger partial charge is 0.255 e. The highest BCUT2D eigenvalue weighted by Gasteiger charge is 2.29. The summed E-state index contributed by atoms with van der Waals surface area (Å²) in [5.41, 5.74) is -0.106. The first kappa shape index (κ1) is 12.3. The second kappa shape index (κ2) is 4.63. The summed E-state index contributed by atoms with van der Waals surface area (Å²) in [5.74, 6) is -0.0512. The lowest BCUT2D eigenvalue weighted by Crippen LogP contribution is -2.45. The summed E-state index contributed by atoms with van der Waals surface area (Å²) >= 11 is 5.67. The zero-order valence-electron chi connectivity index (χ0n) is 9.69. The van der Waals surface area contributed by atoms with E-state index >= 15 is 0 Å². The van der Waals surface area contributed by atoms with Crippen molar-refractivity contribution in [1.82, 2.24) is 9.88 Å². The van der Waals surface area contributed by atoms with E-state index in [9.17, 15) is 9.90 Å². The average Bonchev–Trinajstić information content (AvgIpc) is 2.29. The van der Waals surface area contributed by atoms with Crippen molar-refractivity contribution in [2.45, 2.75) is 25.4 Å². The highest BCUT2D eigenvalue weighted by Crippen LogP contribution is 2.22. The summed E-state index contributed by atoms with van der Waals surface area (Å²) in [7, 11) is 0. The summed E-state index contributed by atoms with van der Waals surface area (Å²) in [5, 5.41) is 10.2. The second-order valence-electron chi connectivity index (χ2n) is 4.66. The van der Waals surface area contributed by atoms with Crippen LogP contribution in [0.3, 0.4) is 0 Å². The van der Waals surface area contributed by atoms with Crippen molar-refractivity contribution >= 4 is 17.5 Å². The molecule has 0 aromatic carbocycles. The number of likely N-dealkylation sites (tertiary alicyclic amines) is 1. The van der Waals surface area contributed by atoms with Crippen molar-refractivity contribution in [1.29, 1.82) is 0 Å². The molecule has 0 unspecified atom stereocenters. The van der Waals surface area contributed by atoms with Gasteiger partial charge in [-0.2, -0.15) is 0 Å². The summed E-state index contributed by atoms with van der Waals surface area (Å²) < 4.78 is 0. The number of carbonyl (C=O) groups is 1. The van der Waals surface area contributed by atoms with Crippen LogP contribution in [0.15, 0.2) is 18.3 Å². The van der Waals surface area contributed by atoms with Crippen LogP contribution in [0, 0.1) is 0 Å². The van der Waals surface area contributed by atoms with Crippen LogP contribution in [0.25, 0.3) is 0 Å². The summed E-state index contributed by atoms with van der Waals surface area (Å²) in [6.45, 7) is 2.96. The summed E-state index contributed by atoms with van der Waals surface area (Å²) in [6.07, 6.45) is 2.71. The van der Waals surface area contributed by atoms with Gasteiger partial charge in [0.25, 0.3) is 5.91 Å². The Hall–Kier alpha value is -1.13. The second-order valence-corrected chi connectivity index (χ2v) is 5.05. The Morgan fingerprint density at radius 2 is 2.12 bits per heavy atom. The third kappa shape index (κ3) is 2.96. The molecule has 0 aliphatic carbocycles. The number of carbonyl (C=O) groups excluding carboxylic acids is 1. The Balaban J connectivity index is 2.04. The van der Waals surface area contributed by atoms with E-state index in [4.69, 9.17) is 11.6 Å². The number of hydrogen-bond donors (Lipinski definition) is 1. The Bertz CT molecular complexity index is 407. The highest BCUT2D eigenvalue weighted by molar-refractivity contribution is 6.29. The molecule has 1 aliphatic heterocycles. The predicted molar refractivity (Wildman–Crippen MR) is 65.0 cm³/mol. The normalized spacial score (nSPS) is 19.1. The van der Waals surface area contributed by atoms with Crippen molar-refractivity contribution in [2.75, 3.05) is 13.1 Å². The standard InChI is InChI=1S/C12H15ClN2O2/c1-12(17)4-6-15(7-5-12)11(16)9-2-3-10(13)14-8-9/h2-3,8,17H,4-7H2,1H3. The molecule has 4 nitrogen and oxygen atoms in total. The number of halogens is 1. The van der Waals surface area contributed by atoms with Crippen molar-refractivity contribution in [2.24, 2.45) is 0 Å². The molecule has 1 aliphatic rings. The maximum absolute atomic E-state index is 12.1. The van der Waals surface area contributed by atoms with Crippen LogP contribution >= 0.6 is 11.6 Å². The fourth-order valence-electron chi connectivity index (χ4n) is 1.88. The van der Waals surface area contributed by atoms with Crippen LogP contribution in [0.2, 0.25) is 5.15 Å². The molecule has 0 atom stereocenters. The minimum absolute atomic E-state index is 0.0512. The minimum Gasteiger partial charge on any atom is -0.390 e. The number of aromatic nitrogens is 1. The van der Waals surface area contributed by atoms with Crippen molar-refractivity contribution in [3.63, 3.8) is 0 Å². The van der Waals surface area contributed by atoms with Gasteiger partial charge in [0, 0.05) is 19.3 Å². The Morgan fingerprint density at radius 3 is 2.65 bits per heavy atom. The molecule has 1 fully saturated rings. The topological polar surface area (TPSA) is 53.4 Å². The molecule has 1 N–H and O–H groups in total. The summed E-state index contributed by atoms with van der Waals surface area (Å²) in [4.78, 5) is 17.7. The molecule has 0 saturated carbocycles. The SMILES string of the molecule is CC1(O)CCN(C(=O)c2ccc(Cl)nc2)CC1. The lowest BCUT2D eigenvalue weighted by molar-refractivity contribution is -0.00203. The number of aliphatic hydroxyl groups is 1. The van der Waals surface area contributed by atoms with Crippen molar-refractivity contribution in [3.05, 3.63) is 29.0 Å². The molecule has 0 spiro atoms. The van der Waals surface area contributed by atoms with Gasteiger partial charge >= 0.3 is 0 Å². The number of pyridine rings is 1. The molecule has 1 aromatic rings. The van der Waals surface area contributed by atoms with E-state index in [-0.39, 0.29) is 5.91 Å². The first-order valence-electron chi connectivity index (χ1n) is 5.61. The average molecular weight is 255 g/mol. The van der Waals surface area contributed by atoms with Crippen LogP contribution in [0.5, 0.6) is 0 Å². The Morgan fingerprint density at radius 1 is 1.47 bits per heavy atom. The molecule has 1 aromatic heterocycles. The first-order valence-corrected chi connectivity index (χ1v) is 5.99. The van der Waals surface area contributed by atoms with E-state index in [1.165, 1.54) is 6.20 Å². The molecular formula is C12H15ClN2O2. The van der Waals surface area contributed by atoms with Gasteiger partial charge in [0.05, 0.1) is 11.2 Å². The van der Waals surface area contributed by atoms with Crippen LogP contribution in [0.1, 0.15) is 30.1 Å².